The van der Waals surface area contributed by atoms with E-state index in [-0.39, 0.29) is 11.3 Å². The monoisotopic (exact) mass is 492 g/mol. The van der Waals surface area contributed by atoms with E-state index in [1.807, 2.05) is 26.0 Å². The van der Waals surface area contributed by atoms with E-state index in [9.17, 15) is 15.2 Å². The van der Waals surface area contributed by atoms with Crippen molar-refractivity contribution in [3.63, 3.8) is 0 Å². The van der Waals surface area contributed by atoms with Gasteiger partial charge in [0.05, 0.1) is 16.8 Å². The molecule has 7 heteroatoms. The second-order valence-corrected chi connectivity index (χ2v) is 6.94. The average molecular weight is 492 g/mol. The highest BCUT2D eigenvalue weighted by Gasteiger charge is 2.14. The Morgan fingerprint density at radius 2 is 1.96 bits per heavy atom. The second-order valence-electron chi connectivity index (χ2n) is 5.78. The van der Waals surface area contributed by atoms with Gasteiger partial charge in [-0.2, -0.15) is 5.26 Å². The fourth-order valence-electron chi connectivity index (χ4n) is 2.34. The molecular weight excluding hydrogens is 471 g/mol. The lowest BCUT2D eigenvalue weighted by molar-refractivity contribution is -0.112. The maximum absolute atomic E-state index is 12.4. The first-order valence-corrected chi connectivity index (χ1v) is 9.87. The maximum Gasteiger partial charge on any atom is 0.266 e. The summed E-state index contributed by atoms with van der Waals surface area (Å²) in [6.07, 6.45) is 2.38. The first-order valence-electron chi connectivity index (χ1n) is 8.79. The average Bonchev–Trinajstić information content (AvgIpc) is 2.67. The number of carbonyl (C=O) groups excluding carboxylic acids is 1. The van der Waals surface area contributed by atoms with Crippen molar-refractivity contribution in [2.45, 2.75) is 20.3 Å². The summed E-state index contributed by atoms with van der Waals surface area (Å²) in [5, 5.41) is 21.4. The predicted molar refractivity (Wildman–Crippen MR) is 116 cm³/mol. The van der Waals surface area contributed by atoms with Crippen LogP contribution in [-0.4, -0.2) is 24.2 Å². The highest BCUT2D eigenvalue weighted by Crippen LogP contribution is 2.35. The van der Waals surface area contributed by atoms with Crippen LogP contribution in [-0.2, 0) is 4.79 Å². The minimum absolute atomic E-state index is 0.0476. The topological polar surface area (TPSA) is 91.6 Å². The third kappa shape index (κ3) is 5.89. The molecular formula is C21H21IN2O4. The number of amides is 1. The van der Waals surface area contributed by atoms with Crippen molar-refractivity contribution in [2.75, 3.05) is 18.5 Å². The Hall–Kier alpha value is -2.73. The number of phenols is 1. The lowest BCUT2D eigenvalue weighted by Crippen LogP contribution is -2.13. The molecule has 0 aliphatic rings. The molecule has 0 bridgehead atoms. The van der Waals surface area contributed by atoms with Gasteiger partial charge in [-0.15, -0.1) is 0 Å². The molecule has 2 rings (SSSR count). The minimum Gasteiger partial charge on any atom is -0.508 e. The summed E-state index contributed by atoms with van der Waals surface area (Å²) < 4.78 is 12.3. The van der Waals surface area contributed by atoms with E-state index in [1.165, 1.54) is 18.2 Å². The van der Waals surface area contributed by atoms with Crippen LogP contribution in [0.1, 0.15) is 25.8 Å². The van der Waals surface area contributed by atoms with Gasteiger partial charge in [0.25, 0.3) is 5.91 Å². The van der Waals surface area contributed by atoms with Crippen molar-refractivity contribution in [2.24, 2.45) is 0 Å². The van der Waals surface area contributed by atoms with E-state index in [2.05, 4.69) is 27.9 Å². The number of hydrogen-bond donors (Lipinski definition) is 2. The minimum atomic E-state index is -0.535. The zero-order valence-electron chi connectivity index (χ0n) is 15.7. The fourth-order valence-corrected chi connectivity index (χ4v) is 3.12. The molecule has 2 aromatic carbocycles. The summed E-state index contributed by atoms with van der Waals surface area (Å²) in [5.41, 5.74) is 1.10. The van der Waals surface area contributed by atoms with Crippen LogP contribution >= 0.6 is 22.6 Å². The van der Waals surface area contributed by atoms with Crippen LogP contribution in [0, 0.1) is 14.9 Å². The smallest absolute Gasteiger partial charge is 0.266 e. The molecule has 0 fully saturated rings. The molecule has 2 aromatic rings. The van der Waals surface area contributed by atoms with Gasteiger partial charge >= 0.3 is 0 Å². The van der Waals surface area contributed by atoms with Gasteiger partial charge in [0.1, 0.15) is 17.4 Å². The number of rotatable bonds is 8. The van der Waals surface area contributed by atoms with Crippen LogP contribution in [0.4, 0.5) is 5.69 Å². The third-order valence-corrected chi connectivity index (χ3v) is 4.38. The van der Waals surface area contributed by atoms with Gasteiger partial charge < -0.3 is 19.9 Å². The Kier molecular flexibility index (Phi) is 8.14. The van der Waals surface area contributed by atoms with Crippen molar-refractivity contribution in [3.8, 4) is 23.3 Å². The molecule has 0 atom stereocenters. The number of carbonyl (C=O) groups is 1. The number of hydrogen-bond acceptors (Lipinski definition) is 5. The largest absolute Gasteiger partial charge is 0.508 e. The van der Waals surface area contributed by atoms with E-state index < -0.39 is 5.91 Å². The lowest BCUT2D eigenvalue weighted by Gasteiger charge is -2.14. The summed E-state index contributed by atoms with van der Waals surface area (Å²) >= 11 is 2.15. The van der Waals surface area contributed by atoms with Gasteiger partial charge in [-0.1, -0.05) is 6.92 Å². The number of anilines is 1. The normalized spacial score (nSPS) is 10.9. The molecule has 0 unspecified atom stereocenters. The fraction of sp³-hybridized carbons (Fsp3) is 0.238. The molecule has 0 saturated carbocycles. The summed E-state index contributed by atoms with van der Waals surface area (Å²) in [6, 6.07) is 11.5. The van der Waals surface area contributed by atoms with Crippen molar-refractivity contribution in [1.29, 1.82) is 5.26 Å². The van der Waals surface area contributed by atoms with Crippen LogP contribution in [0.2, 0.25) is 0 Å². The molecule has 1 amide bonds. The van der Waals surface area contributed by atoms with Crippen molar-refractivity contribution >= 4 is 40.3 Å². The van der Waals surface area contributed by atoms with E-state index in [1.54, 1.807) is 18.2 Å². The van der Waals surface area contributed by atoms with Crippen LogP contribution in [0.3, 0.4) is 0 Å². The number of aromatic hydroxyl groups is 1. The van der Waals surface area contributed by atoms with Gasteiger partial charge in [0.15, 0.2) is 11.5 Å². The van der Waals surface area contributed by atoms with Crippen LogP contribution in [0.15, 0.2) is 42.0 Å². The number of nitrogens with zero attached hydrogens (tertiary/aromatic N) is 1. The van der Waals surface area contributed by atoms with Gasteiger partial charge in [0, 0.05) is 5.69 Å². The Morgan fingerprint density at radius 1 is 1.25 bits per heavy atom. The zero-order chi connectivity index (χ0) is 20.5. The molecule has 0 aliphatic heterocycles. The van der Waals surface area contributed by atoms with Crippen molar-refractivity contribution in [1.82, 2.24) is 0 Å². The second kappa shape index (κ2) is 10.6. The number of nitriles is 1. The van der Waals surface area contributed by atoms with Gasteiger partial charge in [-0.05, 0) is 84.0 Å². The van der Waals surface area contributed by atoms with Crippen LogP contribution in [0.25, 0.3) is 6.08 Å². The molecule has 6 nitrogen and oxygen atoms in total. The third-order valence-electron chi connectivity index (χ3n) is 3.58. The molecule has 0 aromatic heterocycles. The predicted octanol–water partition coefficient (Wildman–Crippen LogP) is 4.73. The molecule has 0 saturated heterocycles. The SMILES string of the molecule is CCCOc1c(I)cc(C=C(C#N)C(=O)Nc2ccc(O)cc2)cc1OCC. The van der Waals surface area contributed by atoms with Gasteiger partial charge in [-0.3, -0.25) is 4.79 Å². The van der Waals surface area contributed by atoms with E-state index in [0.29, 0.717) is 36.0 Å². The summed E-state index contributed by atoms with van der Waals surface area (Å²) in [7, 11) is 0. The molecule has 0 heterocycles. The Balaban J connectivity index is 2.30. The van der Waals surface area contributed by atoms with Crippen LogP contribution in [0.5, 0.6) is 17.2 Å². The number of phenolic OH excluding ortho intramolecular Hbond substituents is 1. The van der Waals surface area contributed by atoms with Crippen molar-refractivity contribution in [3.05, 3.63) is 51.1 Å². The maximum atomic E-state index is 12.4. The van der Waals surface area contributed by atoms with E-state index >= 15 is 0 Å². The molecule has 2 N–H and O–H groups in total. The summed E-state index contributed by atoms with van der Waals surface area (Å²) in [6.45, 7) is 4.95. The first kappa shape index (κ1) is 21.6. The summed E-state index contributed by atoms with van der Waals surface area (Å²) in [4.78, 5) is 12.4. The molecule has 146 valence electrons. The highest BCUT2D eigenvalue weighted by atomic mass is 127. The van der Waals surface area contributed by atoms with Gasteiger partial charge in [0.2, 0.25) is 0 Å². The Morgan fingerprint density at radius 3 is 2.57 bits per heavy atom. The lowest BCUT2D eigenvalue weighted by atomic mass is 10.1. The molecule has 0 aliphatic carbocycles. The van der Waals surface area contributed by atoms with Crippen molar-refractivity contribution < 1.29 is 19.4 Å². The Labute approximate surface area is 177 Å². The summed E-state index contributed by atoms with van der Waals surface area (Å²) in [5.74, 6) is 0.795. The standard InChI is InChI=1S/C21H21IN2O4/c1-3-9-28-20-18(22)11-14(12-19(20)27-4-2)10-15(13-23)21(26)24-16-5-7-17(25)8-6-16/h5-8,10-12,25H,3-4,9H2,1-2H3,(H,24,26). The van der Waals surface area contributed by atoms with Crippen LogP contribution < -0.4 is 14.8 Å². The van der Waals surface area contributed by atoms with E-state index in [4.69, 9.17) is 9.47 Å². The molecule has 0 spiro atoms. The van der Waals surface area contributed by atoms with Gasteiger partial charge in [-0.25, -0.2) is 0 Å². The number of benzene rings is 2. The van der Waals surface area contributed by atoms with E-state index in [0.717, 1.165) is 9.99 Å². The zero-order valence-corrected chi connectivity index (χ0v) is 17.8. The molecule has 0 radical (unpaired) electrons. The number of halogens is 1. The quantitative estimate of drug-likeness (QED) is 0.241. The Bertz CT molecular complexity index is 902. The number of ether oxygens (including phenoxy) is 2. The number of nitrogens with one attached hydrogen (secondary N) is 1. The molecule has 28 heavy (non-hydrogen) atoms. The first-order chi connectivity index (χ1) is 13.5. The highest BCUT2D eigenvalue weighted by molar-refractivity contribution is 14.1.